The highest BCUT2D eigenvalue weighted by Crippen LogP contribution is 2.34. The number of amides is 1. The minimum atomic E-state index is -4.25. The number of likely N-dealkylation sites (tertiary alicyclic amines) is 1. The van der Waals surface area contributed by atoms with E-state index in [2.05, 4.69) is 0 Å². The van der Waals surface area contributed by atoms with Gasteiger partial charge in [0.25, 0.3) is 0 Å². The molecule has 0 saturated carbocycles. The van der Waals surface area contributed by atoms with Crippen LogP contribution in [0, 0.1) is 11.8 Å². The summed E-state index contributed by atoms with van der Waals surface area (Å²) in [5.74, 6) is -2.27. The zero-order valence-electron chi connectivity index (χ0n) is 12.5. The summed E-state index contributed by atoms with van der Waals surface area (Å²) < 4.78 is 38.5. The van der Waals surface area contributed by atoms with Gasteiger partial charge in [0.15, 0.2) is 0 Å². The largest absolute Gasteiger partial charge is 0.393 e. The van der Waals surface area contributed by atoms with Gasteiger partial charge < -0.3 is 10.6 Å². The number of carbonyl (C=O) groups is 1. The second-order valence-corrected chi connectivity index (χ2v) is 5.89. The molecule has 0 aromatic heterocycles. The van der Waals surface area contributed by atoms with Crippen molar-refractivity contribution in [3.63, 3.8) is 0 Å². The first-order valence-corrected chi connectivity index (χ1v) is 7.46. The van der Waals surface area contributed by atoms with Crippen molar-refractivity contribution in [3.8, 4) is 0 Å². The number of benzene rings is 1. The smallest absolute Gasteiger partial charge is 0.342 e. The summed E-state index contributed by atoms with van der Waals surface area (Å²) in [6.07, 6.45) is -3.78. The number of nitrogens with zero attached hydrogens (tertiary/aromatic N) is 1. The lowest BCUT2D eigenvalue weighted by Gasteiger charge is -2.36. The highest BCUT2D eigenvalue weighted by molar-refractivity contribution is 5.79. The molecular formula is C16H21F3N2O. The third kappa shape index (κ3) is 3.80. The van der Waals surface area contributed by atoms with Gasteiger partial charge in [0, 0.05) is 19.1 Å². The maximum atomic E-state index is 12.8. The van der Waals surface area contributed by atoms with Crippen molar-refractivity contribution in [2.75, 3.05) is 13.1 Å². The van der Waals surface area contributed by atoms with Gasteiger partial charge in [-0.1, -0.05) is 37.3 Å². The highest BCUT2D eigenvalue weighted by Gasteiger charge is 2.43. The van der Waals surface area contributed by atoms with E-state index < -0.39 is 24.1 Å². The van der Waals surface area contributed by atoms with Crippen LogP contribution >= 0.6 is 0 Å². The molecule has 3 unspecified atom stereocenters. The Morgan fingerprint density at radius 1 is 1.32 bits per heavy atom. The molecule has 1 heterocycles. The van der Waals surface area contributed by atoms with Crippen LogP contribution in [-0.4, -0.2) is 30.1 Å². The SMILES string of the molecule is CC(C(=O)N1CCCC(C(F)(F)F)C1)C(N)c1ccccc1. The Balaban J connectivity index is 2.04. The minimum Gasteiger partial charge on any atom is -0.342 e. The van der Waals surface area contributed by atoms with Crippen molar-refractivity contribution in [2.24, 2.45) is 17.6 Å². The number of nitrogens with two attached hydrogens (primary N) is 1. The molecule has 1 fully saturated rings. The van der Waals surface area contributed by atoms with Gasteiger partial charge in [-0.25, -0.2) is 0 Å². The van der Waals surface area contributed by atoms with Gasteiger partial charge in [0.05, 0.1) is 11.8 Å². The highest BCUT2D eigenvalue weighted by atomic mass is 19.4. The number of rotatable bonds is 3. The van der Waals surface area contributed by atoms with Crippen LogP contribution in [0.15, 0.2) is 30.3 Å². The average Bonchev–Trinajstić information content (AvgIpc) is 2.53. The Morgan fingerprint density at radius 2 is 1.95 bits per heavy atom. The fourth-order valence-electron chi connectivity index (χ4n) is 2.85. The van der Waals surface area contributed by atoms with Gasteiger partial charge in [0.2, 0.25) is 5.91 Å². The Morgan fingerprint density at radius 3 is 2.55 bits per heavy atom. The van der Waals surface area contributed by atoms with Crippen molar-refractivity contribution < 1.29 is 18.0 Å². The number of halogens is 3. The van der Waals surface area contributed by atoms with E-state index in [-0.39, 0.29) is 18.9 Å². The molecule has 1 aromatic rings. The van der Waals surface area contributed by atoms with Crippen molar-refractivity contribution in [2.45, 2.75) is 32.0 Å². The predicted molar refractivity (Wildman–Crippen MR) is 77.9 cm³/mol. The first-order chi connectivity index (χ1) is 10.3. The van der Waals surface area contributed by atoms with Crippen LogP contribution in [0.25, 0.3) is 0 Å². The quantitative estimate of drug-likeness (QED) is 0.932. The van der Waals surface area contributed by atoms with Crippen molar-refractivity contribution >= 4 is 5.91 Å². The summed E-state index contributed by atoms with van der Waals surface area (Å²) in [6.45, 7) is 1.79. The summed E-state index contributed by atoms with van der Waals surface area (Å²) in [7, 11) is 0. The molecule has 22 heavy (non-hydrogen) atoms. The number of hydrogen-bond donors (Lipinski definition) is 1. The van der Waals surface area contributed by atoms with Crippen molar-refractivity contribution in [3.05, 3.63) is 35.9 Å². The van der Waals surface area contributed by atoms with Crippen molar-refractivity contribution in [1.29, 1.82) is 0 Å². The van der Waals surface area contributed by atoms with E-state index in [1.54, 1.807) is 6.92 Å². The number of hydrogen-bond acceptors (Lipinski definition) is 2. The molecule has 122 valence electrons. The molecule has 3 nitrogen and oxygen atoms in total. The Hall–Kier alpha value is -1.56. The average molecular weight is 314 g/mol. The van der Waals surface area contributed by atoms with Gasteiger partial charge in [0.1, 0.15) is 0 Å². The van der Waals surface area contributed by atoms with Crippen molar-refractivity contribution in [1.82, 2.24) is 4.90 Å². The van der Waals surface area contributed by atoms with Gasteiger partial charge in [-0.05, 0) is 18.4 Å². The number of carbonyl (C=O) groups excluding carboxylic acids is 1. The Bertz CT molecular complexity index is 504. The topological polar surface area (TPSA) is 46.3 Å². The van der Waals surface area contributed by atoms with Crippen LogP contribution in [0.1, 0.15) is 31.4 Å². The zero-order chi connectivity index (χ0) is 16.3. The fourth-order valence-corrected chi connectivity index (χ4v) is 2.85. The minimum absolute atomic E-state index is 0.0897. The Labute approximate surface area is 128 Å². The molecule has 2 rings (SSSR count). The maximum Gasteiger partial charge on any atom is 0.393 e. The molecule has 0 spiro atoms. The van der Waals surface area contributed by atoms with Gasteiger partial charge >= 0.3 is 6.18 Å². The van der Waals surface area contributed by atoms with Gasteiger partial charge in [-0.15, -0.1) is 0 Å². The standard InChI is InChI=1S/C16H21F3N2O/c1-11(14(20)12-6-3-2-4-7-12)15(22)21-9-5-8-13(10-21)16(17,18)19/h2-4,6-7,11,13-14H,5,8-10,20H2,1H3. The summed E-state index contributed by atoms with van der Waals surface area (Å²) in [6, 6.07) is 8.63. The van der Waals surface area contributed by atoms with E-state index in [4.69, 9.17) is 5.73 Å². The molecule has 0 aliphatic carbocycles. The van der Waals surface area contributed by atoms with Crippen LogP contribution in [-0.2, 0) is 4.79 Å². The second kappa shape index (κ2) is 6.69. The molecule has 1 aliphatic heterocycles. The summed E-state index contributed by atoms with van der Waals surface area (Å²) in [5, 5.41) is 0. The molecule has 0 bridgehead atoms. The van der Waals surface area contributed by atoms with E-state index in [9.17, 15) is 18.0 Å². The van der Waals surface area contributed by atoms with Gasteiger partial charge in [-0.2, -0.15) is 13.2 Å². The van der Waals surface area contributed by atoms with Crippen LogP contribution < -0.4 is 5.73 Å². The molecule has 0 radical (unpaired) electrons. The normalized spacial score (nSPS) is 22.2. The summed E-state index contributed by atoms with van der Waals surface area (Å²) >= 11 is 0. The van der Waals surface area contributed by atoms with Crippen LogP contribution in [0.2, 0.25) is 0 Å². The van der Waals surface area contributed by atoms with E-state index in [0.29, 0.717) is 13.0 Å². The molecule has 1 aliphatic rings. The number of alkyl halides is 3. The molecule has 2 N–H and O–H groups in total. The van der Waals surface area contributed by atoms with E-state index in [1.165, 1.54) is 4.90 Å². The lowest BCUT2D eigenvalue weighted by Crippen LogP contribution is -2.47. The monoisotopic (exact) mass is 314 g/mol. The van der Waals surface area contributed by atoms with E-state index in [1.807, 2.05) is 30.3 Å². The van der Waals surface area contributed by atoms with Crippen LogP contribution in [0.4, 0.5) is 13.2 Å². The summed E-state index contributed by atoms with van der Waals surface area (Å²) in [5.41, 5.74) is 6.91. The third-order valence-electron chi connectivity index (χ3n) is 4.31. The lowest BCUT2D eigenvalue weighted by molar-refractivity contribution is -0.188. The molecule has 1 aromatic carbocycles. The zero-order valence-corrected chi connectivity index (χ0v) is 12.5. The Kier molecular flexibility index (Phi) is 5.11. The van der Waals surface area contributed by atoms with Crippen LogP contribution in [0.5, 0.6) is 0 Å². The van der Waals surface area contributed by atoms with E-state index in [0.717, 1.165) is 5.56 Å². The fraction of sp³-hybridized carbons (Fsp3) is 0.562. The van der Waals surface area contributed by atoms with Crippen LogP contribution in [0.3, 0.4) is 0 Å². The predicted octanol–water partition coefficient (Wildman–Crippen LogP) is 3.12. The first-order valence-electron chi connectivity index (χ1n) is 7.46. The second-order valence-electron chi connectivity index (χ2n) is 5.89. The lowest BCUT2D eigenvalue weighted by atomic mass is 9.91. The van der Waals surface area contributed by atoms with Gasteiger partial charge in [-0.3, -0.25) is 4.79 Å². The molecule has 1 saturated heterocycles. The van der Waals surface area contributed by atoms with E-state index >= 15 is 0 Å². The maximum absolute atomic E-state index is 12.8. The molecule has 6 heteroatoms. The molecule has 1 amide bonds. The molecule has 3 atom stereocenters. The number of piperidine rings is 1. The third-order valence-corrected chi connectivity index (χ3v) is 4.31. The molecular weight excluding hydrogens is 293 g/mol. The first kappa shape index (κ1) is 16.8. The summed E-state index contributed by atoms with van der Waals surface area (Å²) in [4.78, 5) is 13.8.